The first-order valence-electron chi connectivity index (χ1n) is 10.4. The van der Waals surface area contributed by atoms with Crippen molar-refractivity contribution in [1.82, 2.24) is 0 Å². The predicted octanol–water partition coefficient (Wildman–Crippen LogP) is 3.00. The minimum absolute atomic E-state index is 0. The van der Waals surface area contributed by atoms with Crippen LogP contribution in [0.1, 0.15) is 21.5 Å². The van der Waals surface area contributed by atoms with Gasteiger partial charge in [0.25, 0.3) is 0 Å². The van der Waals surface area contributed by atoms with Crippen LogP contribution in [-0.4, -0.2) is 15.8 Å². The molecule has 0 spiro atoms. The largest absolute Gasteiger partial charge is 1.00 e. The molecule has 9 heteroatoms. The van der Waals surface area contributed by atoms with Crippen molar-refractivity contribution in [3.63, 3.8) is 0 Å². The number of ketones is 1. The third-order valence-electron chi connectivity index (χ3n) is 4.60. The molecule has 0 saturated carbocycles. The molecule has 2 N–H and O–H groups in total. The monoisotopic (exact) mass is 530 g/mol. The first-order valence-corrected chi connectivity index (χ1v) is 12.2. The Morgan fingerprint density at radius 3 is 1.83 bits per heavy atom. The van der Waals surface area contributed by atoms with Gasteiger partial charge in [0.15, 0.2) is 5.78 Å². The van der Waals surface area contributed by atoms with Crippen molar-refractivity contribution in [1.29, 1.82) is 0 Å². The van der Waals surface area contributed by atoms with Crippen LogP contribution in [0.5, 0.6) is 11.5 Å². The number of aromatic hydroxyl groups is 1. The van der Waals surface area contributed by atoms with Gasteiger partial charge in [-0.2, -0.15) is 0 Å². The second kappa shape index (κ2) is 14.2. The summed E-state index contributed by atoms with van der Waals surface area (Å²) < 4.78 is 14.3. The topological polar surface area (TPSA) is 107 Å². The Balaban J connectivity index is 0.000000321. The maximum absolute atomic E-state index is 13.0. The molecule has 6 nitrogen and oxygen atoms in total. The van der Waals surface area contributed by atoms with Crippen molar-refractivity contribution in [2.45, 2.75) is 0 Å². The molecule has 4 aromatic carbocycles. The Morgan fingerprint density at radius 2 is 1.31 bits per heavy atom. The summed E-state index contributed by atoms with van der Waals surface area (Å²) in [5, 5.41) is 10.0. The van der Waals surface area contributed by atoms with Gasteiger partial charge in [0.1, 0.15) is 11.5 Å². The van der Waals surface area contributed by atoms with E-state index in [0.29, 0.717) is 16.2 Å². The van der Waals surface area contributed by atoms with Crippen LogP contribution in [0.3, 0.4) is 0 Å². The van der Waals surface area contributed by atoms with Crippen LogP contribution in [0, 0.1) is 0 Å². The molecular formula is C27H21ClNaO6P. The Hall–Kier alpha value is -2.67. The SMILES string of the molecule is O=C(C(=Cc1ccccc1)c1ccc(Cl)cc1)c1ccc(O)cc1.O=P([O-])(O)Oc1ccccc1.[Na+]. The van der Waals surface area contributed by atoms with Gasteiger partial charge in [-0.3, -0.25) is 9.36 Å². The van der Waals surface area contributed by atoms with E-state index >= 15 is 0 Å². The fourth-order valence-corrected chi connectivity index (χ4v) is 3.52. The van der Waals surface area contributed by atoms with Crippen LogP contribution in [0.2, 0.25) is 5.02 Å². The predicted molar refractivity (Wildman–Crippen MR) is 135 cm³/mol. The number of phosphoric acid groups is 1. The first kappa shape index (κ1) is 29.6. The summed E-state index contributed by atoms with van der Waals surface area (Å²) in [6.45, 7) is 0. The molecule has 0 aromatic heterocycles. The Bertz CT molecular complexity index is 1320. The molecule has 0 fully saturated rings. The summed E-state index contributed by atoms with van der Waals surface area (Å²) in [6.07, 6.45) is 1.86. The van der Waals surface area contributed by atoms with Crippen LogP contribution in [-0.2, 0) is 4.57 Å². The van der Waals surface area contributed by atoms with Crippen LogP contribution in [0.4, 0.5) is 0 Å². The van der Waals surface area contributed by atoms with Gasteiger partial charge in [-0.15, -0.1) is 0 Å². The fraction of sp³-hybridized carbons (Fsp3) is 0. The zero-order valence-electron chi connectivity index (χ0n) is 19.3. The average molecular weight is 531 g/mol. The van der Waals surface area contributed by atoms with Gasteiger partial charge in [-0.25, -0.2) is 0 Å². The standard InChI is InChI=1S/C21H15ClO2.C6H7O4P.Na/c22-18-10-6-16(7-11-18)20(14-15-4-2-1-3-5-15)21(24)17-8-12-19(23)13-9-17;7-11(8,9)10-6-4-2-1-3-5-6;/h1-14,23H;1-5H,(H2,7,8,9);/q;;+1/p-1. The van der Waals surface area contributed by atoms with Gasteiger partial charge < -0.3 is 19.4 Å². The number of allylic oxidation sites excluding steroid dienone is 1. The van der Waals surface area contributed by atoms with E-state index in [1.807, 2.05) is 48.5 Å². The van der Waals surface area contributed by atoms with E-state index in [9.17, 15) is 19.4 Å². The minimum Gasteiger partial charge on any atom is -0.746 e. The van der Waals surface area contributed by atoms with Gasteiger partial charge in [-0.05, 0) is 65.7 Å². The number of phenolic OH excluding ortho intramolecular Hbond substituents is 1. The molecule has 0 heterocycles. The molecule has 1 atom stereocenters. The molecule has 1 unspecified atom stereocenters. The second-order valence-electron chi connectivity index (χ2n) is 7.22. The van der Waals surface area contributed by atoms with E-state index in [1.165, 1.54) is 24.3 Å². The number of carbonyl (C=O) groups is 1. The number of carbonyl (C=O) groups excluding carboxylic acids is 1. The fourth-order valence-electron chi connectivity index (χ4n) is 3.01. The number of benzene rings is 4. The van der Waals surface area contributed by atoms with Crippen LogP contribution in [0.15, 0.2) is 109 Å². The summed E-state index contributed by atoms with van der Waals surface area (Å²) in [5.74, 6) is 0.126. The number of halogens is 1. The Labute approximate surface area is 236 Å². The summed E-state index contributed by atoms with van der Waals surface area (Å²) in [5.41, 5.74) is 2.82. The van der Waals surface area contributed by atoms with E-state index < -0.39 is 7.82 Å². The van der Waals surface area contributed by atoms with Crippen molar-refractivity contribution < 1.29 is 58.3 Å². The second-order valence-corrected chi connectivity index (χ2v) is 8.78. The van der Waals surface area contributed by atoms with Crippen LogP contribution < -0.4 is 39.0 Å². The van der Waals surface area contributed by atoms with Gasteiger partial charge in [0, 0.05) is 16.2 Å². The van der Waals surface area contributed by atoms with E-state index in [-0.39, 0.29) is 46.8 Å². The van der Waals surface area contributed by atoms with Gasteiger partial charge in [0.05, 0.1) is 0 Å². The first-order chi connectivity index (χ1) is 16.7. The van der Waals surface area contributed by atoms with Crippen molar-refractivity contribution in [3.05, 3.63) is 131 Å². The number of phosphoric ester groups is 1. The number of hydrogen-bond acceptors (Lipinski definition) is 5. The van der Waals surface area contributed by atoms with E-state index in [2.05, 4.69) is 4.52 Å². The van der Waals surface area contributed by atoms with E-state index in [0.717, 1.165) is 11.1 Å². The maximum Gasteiger partial charge on any atom is 1.00 e. The molecule has 178 valence electrons. The number of Topliss-reactive ketones (excluding diaryl/α,β-unsaturated/α-hetero) is 1. The third-order valence-corrected chi connectivity index (χ3v) is 5.30. The summed E-state index contributed by atoms with van der Waals surface area (Å²) in [6, 6.07) is 30.9. The zero-order valence-corrected chi connectivity index (χ0v) is 23.0. The number of phenols is 1. The third kappa shape index (κ3) is 9.76. The molecule has 36 heavy (non-hydrogen) atoms. The average Bonchev–Trinajstić information content (AvgIpc) is 2.84. The molecule has 0 radical (unpaired) electrons. The van der Waals surface area contributed by atoms with E-state index in [4.69, 9.17) is 16.5 Å². The molecule has 4 aromatic rings. The summed E-state index contributed by atoms with van der Waals surface area (Å²) >= 11 is 5.96. The van der Waals surface area contributed by atoms with Crippen molar-refractivity contribution >= 4 is 36.9 Å². The molecular weight excluding hydrogens is 510 g/mol. The van der Waals surface area contributed by atoms with Crippen molar-refractivity contribution in [2.75, 3.05) is 0 Å². The minimum atomic E-state index is -4.64. The zero-order chi connectivity index (χ0) is 25.3. The Kier molecular flexibility index (Phi) is 11.6. The molecule has 4 rings (SSSR count). The summed E-state index contributed by atoms with van der Waals surface area (Å²) in [7, 11) is -4.64. The molecule has 0 bridgehead atoms. The Morgan fingerprint density at radius 1 is 0.806 bits per heavy atom. The van der Waals surface area contributed by atoms with Gasteiger partial charge >= 0.3 is 37.4 Å². The van der Waals surface area contributed by atoms with Gasteiger partial charge in [0.2, 0.25) is 0 Å². The molecule has 0 amide bonds. The number of rotatable bonds is 6. The molecule has 0 aliphatic rings. The molecule has 0 aliphatic heterocycles. The number of hydrogen-bond donors (Lipinski definition) is 2. The maximum atomic E-state index is 13.0. The van der Waals surface area contributed by atoms with Crippen molar-refractivity contribution in [2.24, 2.45) is 0 Å². The van der Waals surface area contributed by atoms with Crippen LogP contribution >= 0.6 is 19.4 Å². The smallest absolute Gasteiger partial charge is 0.746 e. The number of para-hydroxylation sites is 1. The van der Waals surface area contributed by atoms with Gasteiger partial charge in [-0.1, -0.05) is 72.3 Å². The normalized spacial score (nSPS) is 12.2. The summed E-state index contributed by atoms with van der Waals surface area (Å²) in [4.78, 5) is 31.4. The van der Waals surface area contributed by atoms with Crippen molar-refractivity contribution in [3.8, 4) is 11.5 Å². The molecule has 0 saturated heterocycles. The molecule has 0 aliphatic carbocycles. The quantitative estimate of drug-likeness (QED) is 0.130. The van der Waals surface area contributed by atoms with E-state index in [1.54, 1.807) is 42.5 Å². The van der Waals surface area contributed by atoms with Crippen LogP contribution in [0.25, 0.3) is 11.6 Å².